The van der Waals surface area contributed by atoms with E-state index in [1.54, 1.807) is 6.92 Å². The highest BCUT2D eigenvalue weighted by Gasteiger charge is 2.12. The first kappa shape index (κ1) is 12.4. The van der Waals surface area contributed by atoms with Crippen LogP contribution in [0.25, 0.3) is 0 Å². The summed E-state index contributed by atoms with van der Waals surface area (Å²) in [6.45, 7) is 1.79. The molecule has 0 aliphatic rings. The number of benzene rings is 1. The van der Waals surface area contributed by atoms with E-state index < -0.39 is 5.82 Å². The van der Waals surface area contributed by atoms with Crippen LogP contribution in [-0.4, -0.2) is 16.0 Å². The smallest absolute Gasteiger partial charge is 0.260 e. The monoisotopic (exact) mass is 267 g/mol. The lowest BCUT2D eigenvalue weighted by Gasteiger charge is -2.05. The maximum absolute atomic E-state index is 13.1. The van der Waals surface area contributed by atoms with E-state index in [2.05, 4.69) is 10.1 Å². The molecule has 0 saturated heterocycles. The van der Waals surface area contributed by atoms with Crippen LogP contribution in [0.2, 0.25) is 0 Å². The average molecular weight is 267 g/mol. The molecule has 94 valence electrons. The van der Waals surface area contributed by atoms with E-state index in [4.69, 9.17) is 15.4 Å². The van der Waals surface area contributed by atoms with Gasteiger partial charge < -0.3 is 15.4 Å². The molecule has 0 atom stereocenters. The molecule has 3 N–H and O–H groups in total. The van der Waals surface area contributed by atoms with Gasteiger partial charge in [-0.1, -0.05) is 5.16 Å². The van der Waals surface area contributed by atoms with Gasteiger partial charge in [-0.15, -0.1) is 0 Å². The number of oxazole rings is 1. The van der Waals surface area contributed by atoms with Crippen LogP contribution in [-0.2, 0) is 0 Å². The normalized spacial score (nSPS) is 11.8. The number of aryl methyl sites for hydroxylation is 1. The van der Waals surface area contributed by atoms with Crippen molar-refractivity contribution < 1.29 is 14.0 Å². The highest BCUT2D eigenvalue weighted by Crippen LogP contribution is 2.30. The molecular formula is C11H10FN3O2S. The fraction of sp³-hybridized carbons (Fsp3) is 0.0909. The van der Waals surface area contributed by atoms with E-state index in [1.807, 2.05) is 0 Å². The number of amidine groups is 1. The Bertz CT molecular complexity index is 598. The van der Waals surface area contributed by atoms with Gasteiger partial charge in [-0.3, -0.25) is 0 Å². The van der Waals surface area contributed by atoms with Gasteiger partial charge in [0, 0.05) is 10.5 Å². The molecule has 18 heavy (non-hydrogen) atoms. The van der Waals surface area contributed by atoms with Crippen LogP contribution in [0.1, 0.15) is 11.3 Å². The molecule has 0 saturated carbocycles. The molecule has 0 aliphatic carbocycles. The summed E-state index contributed by atoms with van der Waals surface area (Å²) in [5.41, 5.74) is 6.52. The van der Waals surface area contributed by atoms with Gasteiger partial charge >= 0.3 is 0 Å². The summed E-state index contributed by atoms with van der Waals surface area (Å²) in [4.78, 5) is 4.71. The molecule has 1 aromatic carbocycles. The largest absolute Gasteiger partial charge is 0.439 e. The molecule has 0 aliphatic heterocycles. The summed E-state index contributed by atoms with van der Waals surface area (Å²) in [6.07, 6.45) is 1.51. The van der Waals surface area contributed by atoms with Crippen molar-refractivity contribution in [3.8, 4) is 0 Å². The zero-order valence-electron chi connectivity index (χ0n) is 9.42. The molecule has 2 rings (SSSR count). The third kappa shape index (κ3) is 2.62. The fourth-order valence-corrected chi connectivity index (χ4v) is 2.20. The van der Waals surface area contributed by atoms with Gasteiger partial charge in [-0.25, -0.2) is 9.37 Å². The minimum absolute atomic E-state index is 0.166. The number of hydrogen-bond acceptors (Lipinski definition) is 5. The van der Waals surface area contributed by atoms with Crippen LogP contribution in [0.3, 0.4) is 0 Å². The topological polar surface area (TPSA) is 84.6 Å². The van der Waals surface area contributed by atoms with E-state index in [9.17, 15) is 4.39 Å². The van der Waals surface area contributed by atoms with Crippen LogP contribution in [0, 0.1) is 12.7 Å². The standard InChI is InChI=1S/C11H10FN3O2S/c1-6-5-17-11(14-6)18-9-3-2-7(12)4-8(9)10(13)15-16/h2-5,16H,1H3,(H2,13,15). The molecule has 0 bridgehead atoms. The lowest BCUT2D eigenvalue weighted by molar-refractivity contribution is 0.318. The van der Waals surface area contributed by atoms with Crippen molar-refractivity contribution in [2.75, 3.05) is 0 Å². The molecule has 1 aromatic heterocycles. The predicted molar refractivity (Wildman–Crippen MR) is 64.3 cm³/mol. The molecule has 0 unspecified atom stereocenters. The van der Waals surface area contributed by atoms with E-state index in [-0.39, 0.29) is 5.84 Å². The van der Waals surface area contributed by atoms with Gasteiger partial charge in [0.2, 0.25) is 0 Å². The third-order valence-corrected chi connectivity index (χ3v) is 3.06. The number of hydrogen-bond donors (Lipinski definition) is 2. The highest BCUT2D eigenvalue weighted by molar-refractivity contribution is 7.99. The summed E-state index contributed by atoms with van der Waals surface area (Å²) >= 11 is 1.17. The SMILES string of the molecule is Cc1coc(Sc2ccc(F)cc2/C(N)=N/O)n1. The number of oxime groups is 1. The minimum atomic E-state index is -0.468. The Balaban J connectivity index is 2.38. The lowest BCUT2D eigenvalue weighted by atomic mass is 10.2. The van der Waals surface area contributed by atoms with Gasteiger partial charge in [-0.05, 0) is 36.9 Å². The second-order valence-corrected chi connectivity index (χ2v) is 4.48. The average Bonchev–Trinajstić information content (AvgIpc) is 2.76. The van der Waals surface area contributed by atoms with Gasteiger partial charge in [0.1, 0.15) is 12.1 Å². The number of nitrogens with two attached hydrogens (primary N) is 1. The Morgan fingerprint density at radius 3 is 2.94 bits per heavy atom. The second kappa shape index (κ2) is 5.09. The summed E-state index contributed by atoms with van der Waals surface area (Å²) in [7, 11) is 0. The van der Waals surface area contributed by atoms with Crippen molar-refractivity contribution in [2.24, 2.45) is 10.9 Å². The number of halogens is 1. The molecule has 0 fully saturated rings. The van der Waals surface area contributed by atoms with E-state index in [0.717, 1.165) is 5.69 Å². The van der Waals surface area contributed by atoms with Crippen LogP contribution in [0.15, 0.2) is 44.2 Å². The zero-order chi connectivity index (χ0) is 13.1. The molecule has 2 aromatic rings. The Kier molecular flexibility index (Phi) is 3.52. The summed E-state index contributed by atoms with van der Waals surface area (Å²) < 4.78 is 18.3. The van der Waals surface area contributed by atoms with Crippen molar-refractivity contribution in [2.45, 2.75) is 17.0 Å². The first-order valence-corrected chi connectivity index (χ1v) is 5.79. The lowest BCUT2D eigenvalue weighted by Crippen LogP contribution is -2.14. The zero-order valence-corrected chi connectivity index (χ0v) is 10.2. The summed E-state index contributed by atoms with van der Waals surface area (Å²) in [6, 6.07) is 3.99. The maximum Gasteiger partial charge on any atom is 0.260 e. The van der Waals surface area contributed by atoms with E-state index in [1.165, 1.54) is 36.2 Å². The molecule has 5 nitrogen and oxygen atoms in total. The maximum atomic E-state index is 13.1. The molecular weight excluding hydrogens is 257 g/mol. The number of aromatic nitrogens is 1. The van der Waals surface area contributed by atoms with Crippen LogP contribution >= 0.6 is 11.8 Å². The predicted octanol–water partition coefficient (Wildman–Crippen LogP) is 2.37. The Morgan fingerprint density at radius 1 is 1.56 bits per heavy atom. The third-order valence-electron chi connectivity index (χ3n) is 2.12. The molecule has 0 radical (unpaired) electrons. The first-order chi connectivity index (χ1) is 8.60. The van der Waals surface area contributed by atoms with Crippen molar-refractivity contribution >= 4 is 17.6 Å². The summed E-state index contributed by atoms with van der Waals surface area (Å²) in [5, 5.41) is 11.9. The van der Waals surface area contributed by atoms with Gasteiger partial charge in [-0.2, -0.15) is 0 Å². The van der Waals surface area contributed by atoms with Crippen molar-refractivity contribution in [3.05, 3.63) is 41.5 Å². The molecule has 1 heterocycles. The molecule has 7 heteroatoms. The van der Waals surface area contributed by atoms with Crippen molar-refractivity contribution in [3.63, 3.8) is 0 Å². The number of rotatable bonds is 3. The minimum Gasteiger partial charge on any atom is -0.439 e. The quantitative estimate of drug-likeness (QED) is 0.386. The molecule has 0 spiro atoms. The second-order valence-electron chi connectivity index (χ2n) is 3.48. The van der Waals surface area contributed by atoms with Crippen LogP contribution in [0.4, 0.5) is 4.39 Å². The summed E-state index contributed by atoms with van der Waals surface area (Å²) in [5.74, 6) is -0.634. The van der Waals surface area contributed by atoms with Crippen molar-refractivity contribution in [1.29, 1.82) is 0 Å². The fourth-order valence-electron chi connectivity index (χ4n) is 1.32. The Labute approximate surface area is 107 Å². The van der Waals surface area contributed by atoms with Crippen molar-refractivity contribution in [1.82, 2.24) is 4.98 Å². The van der Waals surface area contributed by atoms with Gasteiger partial charge in [0.05, 0.1) is 5.69 Å². The van der Waals surface area contributed by atoms with Gasteiger partial charge in [0.15, 0.2) is 5.84 Å². The number of nitrogens with zero attached hydrogens (tertiary/aromatic N) is 2. The Hall–Kier alpha value is -2.02. The highest BCUT2D eigenvalue weighted by atomic mass is 32.2. The van der Waals surface area contributed by atoms with E-state index in [0.29, 0.717) is 15.7 Å². The van der Waals surface area contributed by atoms with Crippen LogP contribution in [0.5, 0.6) is 0 Å². The van der Waals surface area contributed by atoms with Crippen LogP contribution < -0.4 is 5.73 Å². The Morgan fingerprint density at radius 2 is 2.33 bits per heavy atom. The first-order valence-electron chi connectivity index (χ1n) is 4.97. The van der Waals surface area contributed by atoms with E-state index >= 15 is 0 Å². The molecule has 0 amide bonds. The van der Waals surface area contributed by atoms with Gasteiger partial charge in [0.25, 0.3) is 5.22 Å².